The van der Waals surface area contributed by atoms with Crippen molar-refractivity contribution in [2.75, 3.05) is 5.32 Å². The first-order valence-electron chi connectivity index (χ1n) is 7.52. The third-order valence-electron chi connectivity index (χ3n) is 4.58. The van der Waals surface area contributed by atoms with Crippen molar-refractivity contribution < 1.29 is 5.11 Å². The lowest BCUT2D eigenvalue weighted by molar-refractivity contribution is 0.510. The van der Waals surface area contributed by atoms with E-state index in [1.165, 1.54) is 5.57 Å². The minimum Gasteiger partial charge on any atom is -0.507 e. The molecule has 0 radical (unpaired) electrons. The molecule has 2 N–H and O–H groups in total. The summed E-state index contributed by atoms with van der Waals surface area (Å²) in [5, 5.41) is 16.8. The van der Waals surface area contributed by atoms with E-state index in [1.807, 2.05) is 30.3 Å². The number of halogens is 1. The Labute approximate surface area is 134 Å². The van der Waals surface area contributed by atoms with Crippen LogP contribution in [0.15, 0.2) is 30.3 Å². The molecule has 2 nitrogen and oxygen atoms in total. The van der Waals surface area contributed by atoms with Crippen molar-refractivity contribution in [2.24, 2.45) is 0 Å². The van der Waals surface area contributed by atoms with E-state index < -0.39 is 0 Å². The molecule has 112 valence electrons. The molecular weight excluding hydrogens is 294 g/mol. The van der Waals surface area contributed by atoms with Gasteiger partial charge in [0.1, 0.15) is 5.76 Å². The molecule has 0 amide bonds. The fourth-order valence-corrected chi connectivity index (χ4v) is 4.30. The molecule has 0 spiro atoms. The monoisotopic (exact) mass is 311 g/mol. The molecule has 1 aliphatic carbocycles. The lowest BCUT2D eigenvalue weighted by atomic mass is 9.88. The summed E-state index contributed by atoms with van der Waals surface area (Å²) < 4.78 is 0. The summed E-state index contributed by atoms with van der Waals surface area (Å²) in [6.45, 7) is 6.50. The lowest BCUT2D eigenvalue weighted by Gasteiger charge is -2.33. The highest BCUT2D eigenvalue weighted by atomic mass is 35.5. The van der Waals surface area contributed by atoms with E-state index >= 15 is 0 Å². The van der Waals surface area contributed by atoms with Crippen LogP contribution in [0, 0.1) is 0 Å². The topological polar surface area (TPSA) is 32.3 Å². The van der Waals surface area contributed by atoms with Crippen LogP contribution in [0.4, 0.5) is 5.69 Å². The Hall–Kier alpha value is -1.93. The Bertz CT molecular complexity index is 941. The van der Waals surface area contributed by atoms with Gasteiger partial charge in [0.2, 0.25) is 0 Å². The van der Waals surface area contributed by atoms with Crippen LogP contribution in [0.1, 0.15) is 32.8 Å². The Kier molecular flexibility index (Phi) is 2.68. The summed E-state index contributed by atoms with van der Waals surface area (Å²) >= 11 is 6.77. The number of rotatable bonds is 0. The van der Waals surface area contributed by atoms with Gasteiger partial charge in [0, 0.05) is 32.8 Å². The number of aliphatic hydroxyl groups is 1. The maximum atomic E-state index is 10.6. The zero-order chi connectivity index (χ0) is 15.6. The number of aliphatic hydroxyl groups excluding tert-OH is 1. The summed E-state index contributed by atoms with van der Waals surface area (Å²) in [4.78, 5) is 0. The Morgan fingerprint density at radius 2 is 1.86 bits per heavy atom. The molecule has 0 bridgehead atoms. The highest BCUT2D eigenvalue weighted by molar-refractivity contribution is 6.34. The van der Waals surface area contributed by atoms with E-state index in [9.17, 15) is 5.11 Å². The first-order chi connectivity index (χ1) is 10.4. The molecule has 0 fully saturated rings. The molecule has 22 heavy (non-hydrogen) atoms. The summed E-state index contributed by atoms with van der Waals surface area (Å²) in [6, 6.07) is 9.91. The Morgan fingerprint density at radius 1 is 1.18 bits per heavy atom. The summed E-state index contributed by atoms with van der Waals surface area (Å²) in [6.07, 6.45) is 0.954. The van der Waals surface area contributed by atoms with Crippen LogP contribution in [0.2, 0.25) is 5.02 Å². The van der Waals surface area contributed by atoms with Gasteiger partial charge >= 0.3 is 0 Å². The van der Waals surface area contributed by atoms with E-state index in [4.69, 9.17) is 11.6 Å². The van der Waals surface area contributed by atoms with Crippen LogP contribution in [0.5, 0.6) is 0 Å². The number of fused-ring (bicyclic) bond motifs is 4. The molecule has 2 aromatic carbocycles. The van der Waals surface area contributed by atoms with Gasteiger partial charge in [-0.1, -0.05) is 41.4 Å². The molecule has 2 aliphatic rings. The molecule has 2 aromatic rings. The Morgan fingerprint density at radius 3 is 2.59 bits per heavy atom. The second kappa shape index (κ2) is 4.30. The van der Waals surface area contributed by atoms with Gasteiger partial charge in [-0.25, -0.2) is 0 Å². The molecule has 0 saturated carbocycles. The van der Waals surface area contributed by atoms with Gasteiger partial charge in [0.25, 0.3) is 0 Å². The highest BCUT2D eigenvalue weighted by Gasteiger charge is 2.29. The first-order valence-corrected chi connectivity index (χ1v) is 7.90. The predicted octanol–water partition coefficient (Wildman–Crippen LogP) is 3.80. The largest absolute Gasteiger partial charge is 0.507 e. The average Bonchev–Trinajstić information content (AvgIpc) is 2.71. The second-order valence-corrected chi connectivity index (χ2v) is 7.27. The van der Waals surface area contributed by atoms with Crippen molar-refractivity contribution in [3.05, 3.63) is 51.4 Å². The molecular formula is C19H18ClNO. The van der Waals surface area contributed by atoms with Crippen molar-refractivity contribution >= 4 is 28.6 Å². The van der Waals surface area contributed by atoms with Gasteiger partial charge in [0.05, 0.1) is 5.02 Å². The molecule has 0 atom stereocenters. The summed E-state index contributed by atoms with van der Waals surface area (Å²) in [7, 11) is 0. The van der Waals surface area contributed by atoms with E-state index in [1.54, 1.807) is 0 Å². The van der Waals surface area contributed by atoms with Crippen LogP contribution >= 0.6 is 11.6 Å². The number of hydrogen-bond donors (Lipinski definition) is 2. The highest BCUT2D eigenvalue weighted by Crippen LogP contribution is 2.36. The van der Waals surface area contributed by atoms with Crippen molar-refractivity contribution in [2.45, 2.75) is 32.7 Å². The van der Waals surface area contributed by atoms with Gasteiger partial charge in [-0.05, 0) is 38.8 Å². The zero-order valence-corrected chi connectivity index (χ0v) is 13.7. The zero-order valence-electron chi connectivity index (χ0n) is 12.9. The van der Waals surface area contributed by atoms with Crippen LogP contribution in [0.3, 0.4) is 0 Å². The molecule has 0 saturated heterocycles. The molecule has 0 unspecified atom stereocenters. The quantitative estimate of drug-likeness (QED) is 0.775. The van der Waals surface area contributed by atoms with Gasteiger partial charge in [-0.2, -0.15) is 0 Å². The Balaban J connectivity index is 2.15. The number of nitrogens with one attached hydrogen (secondary N) is 1. The van der Waals surface area contributed by atoms with E-state index in [2.05, 4.69) is 26.1 Å². The van der Waals surface area contributed by atoms with Crippen molar-refractivity contribution in [3.63, 3.8) is 0 Å². The second-order valence-electron chi connectivity index (χ2n) is 6.90. The smallest absolute Gasteiger partial charge is 0.131 e. The molecule has 3 heteroatoms. The first kappa shape index (κ1) is 13.7. The molecule has 1 aliphatic heterocycles. The lowest BCUT2D eigenvalue weighted by Crippen LogP contribution is -2.39. The third kappa shape index (κ3) is 1.74. The van der Waals surface area contributed by atoms with Crippen LogP contribution in [-0.4, -0.2) is 10.6 Å². The maximum Gasteiger partial charge on any atom is 0.131 e. The minimum absolute atomic E-state index is 0.00424. The molecule has 4 rings (SSSR count). The normalized spacial score (nSPS) is 17.6. The van der Waals surface area contributed by atoms with Crippen molar-refractivity contribution in [1.29, 1.82) is 0 Å². The number of benzene rings is 2. The van der Waals surface area contributed by atoms with Crippen molar-refractivity contribution in [3.8, 4) is 11.1 Å². The van der Waals surface area contributed by atoms with Crippen molar-refractivity contribution in [1.82, 2.24) is 0 Å². The van der Waals surface area contributed by atoms with E-state index in [0.29, 0.717) is 5.76 Å². The standard InChI is InChI=1S/C19H18ClNO/c1-10-9-19(2,3)21-14-8-13-16(17(20)15(10)14)11-6-4-5-7-12(11)18(13)22/h4-8,21-22H,9H2,1-3H3. The maximum absolute atomic E-state index is 10.6. The fourth-order valence-electron chi connectivity index (χ4n) is 3.83. The predicted molar refractivity (Wildman–Crippen MR) is 92.7 cm³/mol. The van der Waals surface area contributed by atoms with Gasteiger partial charge in [-0.3, -0.25) is 0 Å². The third-order valence-corrected chi connectivity index (χ3v) is 4.96. The van der Waals surface area contributed by atoms with Gasteiger partial charge in [-0.15, -0.1) is 0 Å². The number of anilines is 1. The number of hydrogen-bond acceptors (Lipinski definition) is 2. The summed E-state index contributed by atoms with van der Waals surface area (Å²) in [5.41, 5.74) is 5.12. The van der Waals surface area contributed by atoms with Crippen LogP contribution in [-0.2, 0) is 0 Å². The van der Waals surface area contributed by atoms with Crippen LogP contribution < -0.4 is 15.8 Å². The van der Waals surface area contributed by atoms with Crippen LogP contribution in [0.25, 0.3) is 22.5 Å². The molecule has 1 heterocycles. The average molecular weight is 312 g/mol. The minimum atomic E-state index is -0.00424. The van der Waals surface area contributed by atoms with E-state index in [-0.39, 0.29) is 5.54 Å². The molecule has 0 aromatic heterocycles. The van der Waals surface area contributed by atoms with E-state index in [0.717, 1.165) is 44.3 Å². The SMILES string of the molecule is CC1=c2c(cc3c(c2Cl)-c2ccccc2C=3O)NC(C)(C)C1. The fraction of sp³-hybridized carbons (Fsp3) is 0.263. The van der Waals surface area contributed by atoms with Gasteiger partial charge in [0.15, 0.2) is 0 Å². The summed E-state index contributed by atoms with van der Waals surface area (Å²) in [5.74, 6) is 0.318. The van der Waals surface area contributed by atoms with Gasteiger partial charge < -0.3 is 10.4 Å².